The van der Waals surface area contributed by atoms with Gasteiger partial charge in [-0.3, -0.25) is 9.59 Å². The molecule has 0 radical (unpaired) electrons. The predicted octanol–water partition coefficient (Wildman–Crippen LogP) is 9.61. The number of nitriles is 1. The fraction of sp³-hybridized carbons (Fsp3) is 0.636. The maximum atomic E-state index is 13.3. The average molecular weight is 595 g/mol. The van der Waals surface area contributed by atoms with E-state index in [0.29, 0.717) is 42.9 Å². The molecule has 0 saturated heterocycles. The maximum Gasteiger partial charge on any atom is 0.314 e. The SMILES string of the molecule is [C-]#[N+]/C(C#N)=C1\Sc2c(OC(=O)C3CCC(CCCC)CC3)cc(C)c(OC(=O)C3CCC(CCCC)CC3)c2S1. The van der Waals surface area contributed by atoms with Gasteiger partial charge in [0.15, 0.2) is 0 Å². The molecule has 1 aromatic carbocycles. The molecule has 0 aromatic heterocycles. The van der Waals surface area contributed by atoms with Gasteiger partial charge in [0.1, 0.15) is 11.5 Å². The third kappa shape index (κ3) is 7.90. The lowest BCUT2D eigenvalue weighted by Crippen LogP contribution is -2.26. The normalized spacial score (nSPS) is 25.0. The molecule has 1 aromatic rings. The molecule has 6 nitrogen and oxygen atoms in total. The second kappa shape index (κ2) is 15.2. The van der Waals surface area contributed by atoms with Crippen LogP contribution in [0, 0.1) is 48.5 Å². The molecular formula is C33H42N2O4S2. The number of esters is 2. The maximum absolute atomic E-state index is 13.3. The Morgan fingerprint density at radius 2 is 1.41 bits per heavy atom. The lowest BCUT2D eigenvalue weighted by Gasteiger charge is -2.28. The minimum Gasteiger partial charge on any atom is -0.425 e. The highest BCUT2D eigenvalue weighted by atomic mass is 32.2. The monoisotopic (exact) mass is 594 g/mol. The summed E-state index contributed by atoms with van der Waals surface area (Å²) in [5, 5.41) is 9.52. The summed E-state index contributed by atoms with van der Waals surface area (Å²) in [7, 11) is 0. The molecule has 1 aliphatic heterocycles. The van der Waals surface area contributed by atoms with Crippen LogP contribution < -0.4 is 9.47 Å². The van der Waals surface area contributed by atoms with E-state index in [0.717, 1.165) is 51.4 Å². The van der Waals surface area contributed by atoms with E-state index >= 15 is 0 Å². The van der Waals surface area contributed by atoms with Crippen molar-refractivity contribution < 1.29 is 19.1 Å². The van der Waals surface area contributed by atoms with Crippen molar-refractivity contribution in [1.29, 1.82) is 5.26 Å². The van der Waals surface area contributed by atoms with Crippen molar-refractivity contribution in [2.45, 2.75) is 120 Å². The number of benzene rings is 1. The third-order valence-corrected chi connectivity index (χ3v) is 11.4. The first-order valence-electron chi connectivity index (χ1n) is 15.4. The molecule has 3 aliphatic rings. The van der Waals surface area contributed by atoms with Crippen LogP contribution in [-0.4, -0.2) is 11.9 Å². The number of ether oxygens (including phenoxy) is 2. The number of nitrogens with zero attached hydrogens (tertiary/aromatic N) is 2. The zero-order chi connectivity index (χ0) is 29.4. The smallest absolute Gasteiger partial charge is 0.314 e. The first-order valence-corrected chi connectivity index (χ1v) is 17.0. The van der Waals surface area contributed by atoms with E-state index in [-0.39, 0.29) is 29.5 Å². The van der Waals surface area contributed by atoms with Crippen molar-refractivity contribution >= 4 is 35.5 Å². The van der Waals surface area contributed by atoms with Gasteiger partial charge in [-0.05, 0) is 81.8 Å². The van der Waals surface area contributed by atoms with Gasteiger partial charge in [0.05, 0.1) is 38.5 Å². The fourth-order valence-corrected chi connectivity index (χ4v) is 8.81. The second-order valence-corrected chi connectivity index (χ2v) is 14.1. The first-order chi connectivity index (χ1) is 19.9. The van der Waals surface area contributed by atoms with E-state index in [4.69, 9.17) is 16.0 Å². The number of carbonyl (C=O) groups is 2. The summed E-state index contributed by atoms with van der Waals surface area (Å²) in [5.41, 5.74) is 0.690. The Morgan fingerprint density at radius 3 is 1.90 bits per heavy atom. The molecule has 0 amide bonds. The van der Waals surface area contributed by atoms with Crippen molar-refractivity contribution in [3.63, 3.8) is 0 Å². The second-order valence-electron chi connectivity index (χ2n) is 11.8. The minimum atomic E-state index is -0.223. The standard InChI is InChI=1S/C33H42N2O4S2/c1-5-7-9-22-11-15-24(16-12-22)31(36)38-27-19-21(3)28(30-29(27)40-33(41-30)26(20-34)35-4)39-32(37)25-17-13-23(14-18-25)10-8-6-2/h19,22-25H,5-18H2,1-3H3/b33-26+. The quantitative estimate of drug-likeness (QED) is 0.115. The number of fused-ring (bicyclic) bond motifs is 1. The number of hydrogen-bond donors (Lipinski definition) is 0. The van der Waals surface area contributed by atoms with Crippen LogP contribution in [0.4, 0.5) is 0 Å². The van der Waals surface area contributed by atoms with Gasteiger partial charge < -0.3 is 9.47 Å². The Kier molecular flexibility index (Phi) is 11.7. The van der Waals surface area contributed by atoms with Crippen LogP contribution in [0.2, 0.25) is 0 Å². The number of unbranched alkanes of at least 4 members (excludes halogenated alkanes) is 2. The van der Waals surface area contributed by atoms with E-state index in [1.165, 1.54) is 62.0 Å². The molecule has 0 atom stereocenters. The van der Waals surface area contributed by atoms with Gasteiger partial charge in [-0.15, -0.1) is 0 Å². The summed E-state index contributed by atoms with van der Waals surface area (Å²) in [6.45, 7) is 13.7. The average Bonchev–Trinajstić information content (AvgIpc) is 3.43. The summed E-state index contributed by atoms with van der Waals surface area (Å²) in [6.07, 6.45) is 14.9. The molecule has 4 rings (SSSR count). The van der Waals surface area contributed by atoms with E-state index in [9.17, 15) is 14.9 Å². The summed E-state index contributed by atoms with van der Waals surface area (Å²) >= 11 is 2.50. The van der Waals surface area contributed by atoms with Gasteiger partial charge in [0.2, 0.25) is 0 Å². The van der Waals surface area contributed by atoms with Gasteiger partial charge in [-0.2, -0.15) is 0 Å². The lowest BCUT2D eigenvalue weighted by atomic mass is 9.80. The highest BCUT2D eigenvalue weighted by Gasteiger charge is 2.35. The van der Waals surface area contributed by atoms with E-state index in [1.807, 2.05) is 13.0 Å². The largest absolute Gasteiger partial charge is 0.425 e. The number of thioether (sulfide) groups is 2. The first kappa shape index (κ1) is 31.5. The van der Waals surface area contributed by atoms with Gasteiger partial charge in [-0.1, -0.05) is 75.9 Å². The number of rotatable bonds is 10. The highest BCUT2D eigenvalue weighted by molar-refractivity contribution is 8.24. The Balaban J connectivity index is 1.51. The van der Waals surface area contributed by atoms with E-state index < -0.39 is 0 Å². The van der Waals surface area contributed by atoms with E-state index in [2.05, 4.69) is 18.7 Å². The van der Waals surface area contributed by atoms with Crippen LogP contribution in [0.15, 0.2) is 25.8 Å². The molecule has 220 valence electrons. The molecule has 0 N–H and O–H groups in total. The van der Waals surface area contributed by atoms with Crippen LogP contribution in [0.25, 0.3) is 4.85 Å². The van der Waals surface area contributed by atoms with Crippen molar-refractivity contribution in [2.24, 2.45) is 23.7 Å². The Labute approximate surface area is 253 Å². The fourth-order valence-electron chi connectivity index (χ4n) is 6.27. The molecular weight excluding hydrogens is 553 g/mol. The minimum absolute atomic E-state index is 0.0146. The Bertz CT molecular complexity index is 1210. The number of carbonyl (C=O) groups excluding carboxylic acids is 2. The van der Waals surface area contributed by atoms with Gasteiger partial charge in [-0.25, -0.2) is 10.1 Å². The van der Waals surface area contributed by atoms with Crippen LogP contribution >= 0.6 is 23.5 Å². The van der Waals surface area contributed by atoms with E-state index in [1.54, 1.807) is 6.07 Å². The molecule has 2 aliphatic carbocycles. The summed E-state index contributed by atoms with van der Waals surface area (Å²) in [5.74, 6) is 1.57. The van der Waals surface area contributed by atoms with Gasteiger partial charge in [0.25, 0.3) is 5.70 Å². The van der Waals surface area contributed by atoms with Gasteiger partial charge in [0, 0.05) is 0 Å². The Morgan fingerprint density at radius 1 is 0.902 bits per heavy atom. The summed E-state index contributed by atoms with van der Waals surface area (Å²) < 4.78 is 12.6. The molecule has 2 fully saturated rings. The molecule has 0 bridgehead atoms. The molecule has 2 saturated carbocycles. The van der Waals surface area contributed by atoms with Crippen molar-refractivity contribution in [1.82, 2.24) is 0 Å². The van der Waals surface area contributed by atoms with Crippen LogP contribution in [0.3, 0.4) is 0 Å². The summed E-state index contributed by atoms with van der Waals surface area (Å²) in [4.78, 5) is 31.2. The Hall–Kier alpha value is -2.42. The molecule has 8 heteroatoms. The predicted molar refractivity (Wildman–Crippen MR) is 163 cm³/mol. The summed E-state index contributed by atoms with van der Waals surface area (Å²) in [6, 6.07) is 3.74. The zero-order valence-electron chi connectivity index (χ0n) is 24.6. The molecule has 41 heavy (non-hydrogen) atoms. The number of hydrogen-bond acceptors (Lipinski definition) is 7. The number of aryl methyl sites for hydroxylation is 1. The topological polar surface area (TPSA) is 80.8 Å². The highest BCUT2D eigenvalue weighted by Crippen LogP contribution is 2.60. The number of allylic oxidation sites excluding steroid dienone is 1. The molecule has 0 unspecified atom stereocenters. The van der Waals surface area contributed by atoms with Crippen LogP contribution in [0.1, 0.15) is 109 Å². The van der Waals surface area contributed by atoms with Crippen LogP contribution in [0.5, 0.6) is 11.5 Å². The van der Waals surface area contributed by atoms with Crippen molar-refractivity contribution in [2.75, 3.05) is 0 Å². The third-order valence-electron chi connectivity index (χ3n) is 8.85. The van der Waals surface area contributed by atoms with Crippen molar-refractivity contribution in [3.8, 4) is 17.6 Å². The zero-order valence-corrected chi connectivity index (χ0v) is 26.3. The molecule has 0 spiro atoms. The van der Waals surface area contributed by atoms with Crippen molar-refractivity contribution in [3.05, 3.63) is 33.0 Å². The lowest BCUT2D eigenvalue weighted by molar-refractivity contribution is -0.141. The van der Waals surface area contributed by atoms with Gasteiger partial charge >= 0.3 is 11.9 Å². The van der Waals surface area contributed by atoms with Crippen LogP contribution in [-0.2, 0) is 9.59 Å². The molecule has 1 heterocycles.